The Labute approximate surface area is 141 Å². The maximum atomic E-state index is 13.1. The van der Waals surface area contributed by atoms with E-state index in [1.807, 2.05) is 0 Å². The standard InChI is InChI=1S/C16H16F3N5O/c1-24-14-12(13(23-24)16(17,18)19)7-10(8-21-14)15(25)22-11-3-2-9(6-11)4-5-20/h7-9,11H,2-4,6H2,1H3,(H,22,25)/t9-,11-/m1/s1. The average Bonchev–Trinajstić information content (AvgIpc) is 3.11. The molecule has 2 heterocycles. The molecule has 132 valence electrons. The lowest BCUT2D eigenvalue weighted by molar-refractivity contribution is -0.140. The molecule has 2 aromatic rings. The molecule has 1 aliphatic rings. The zero-order valence-electron chi connectivity index (χ0n) is 13.5. The zero-order valence-corrected chi connectivity index (χ0v) is 13.5. The molecule has 1 saturated carbocycles. The third-order valence-electron chi connectivity index (χ3n) is 4.47. The number of aromatic nitrogens is 3. The monoisotopic (exact) mass is 351 g/mol. The van der Waals surface area contributed by atoms with Gasteiger partial charge in [0, 0.05) is 25.7 Å². The van der Waals surface area contributed by atoms with Crippen molar-refractivity contribution in [3.8, 4) is 6.07 Å². The van der Waals surface area contributed by atoms with Crippen LogP contribution in [0.2, 0.25) is 0 Å². The van der Waals surface area contributed by atoms with Crippen molar-refractivity contribution in [3.05, 3.63) is 23.5 Å². The summed E-state index contributed by atoms with van der Waals surface area (Å²) in [7, 11) is 1.37. The Balaban J connectivity index is 1.82. The van der Waals surface area contributed by atoms with Gasteiger partial charge in [-0.2, -0.15) is 23.5 Å². The van der Waals surface area contributed by atoms with Gasteiger partial charge < -0.3 is 5.32 Å². The summed E-state index contributed by atoms with van der Waals surface area (Å²) in [5, 5.41) is 14.8. The number of hydrogen-bond donors (Lipinski definition) is 1. The molecule has 1 N–H and O–H groups in total. The highest BCUT2D eigenvalue weighted by Gasteiger charge is 2.37. The van der Waals surface area contributed by atoms with E-state index in [1.54, 1.807) is 0 Å². The first-order valence-electron chi connectivity index (χ1n) is 7.87. The Morgan fingerprint density at radius 2 is 2.24 bits per heavy atom. The second-order valence-electron chi connectivity index (χ2n) is 6.28. The van der Waals surface area contributed by atoms with Crippen LogP contribution < -0.4 is 5.32 Å². The minimum Gasteiger partial charge on any atom is -0.349 e. The van der Waals surface area contributed by atoms with E-state index in [1.165, 1.54) is 19.3 Å². The maximum absolute atomic E-state index is 13.1. The van der Waals surface area contributed by atoms with Gasteiger partial charge in [0.25, 0.3) is 5.91 Å². The Morgan fingerprint density at radius 1 is 1.48 bits per heavy atom. The molecule has 2 atom stereocenters. The first kappa shape index (κ1) is 17.2. The fraction of sp³-hybridized carbons (Fsp3) is 0.500. The second kappa shape index (κ2) is 6.35. The van der Waals surface area contributed by atoms with Crippen LogP contribution in [-0.4, -0.2) is 26.7 Å². The van der Waals surface area contributed by atoms with Crippen molar-refractivity contribution in [2.24, 2.45) is 13.0 Å². The van der Waals surface area contributed by atoms with E-state index in [0.717, 1.165) is 17.5 Å². The number of nitrogens with zero attached hydrogens (tertiary/aromatic N) is 4. The molecule has 0 radical (unpaired) electrons. The quantitative estimate of drug-likeness (QED) is 0.922. The molecule has 25 heavy (non-hydrogen) atoms. The van der Waals surface area contributed by atoms with Crippen molar-refractivity contribution in [3.63, 3.8) is 0 Å². The lowest BCUT2D eigenvalue weighted by atomic mass is 10.1. The molecule has 0 aromatic carbocycles. The van der Waals surface area contributed by atoms with Crippen LogP contribution in [0.15, 0.2) is 12.3 Å². The number of nitriles is 1. The molecule has 0 aliphatic heterocycles. The van der Waals surface area contributed by atoms with Gasteiger partial charge in [-0.3, -0.25) is 4.79 Å². The van der Waals surface area contributed by atoms with Crippen molar-refractivity contribution in [2.75, 3.05) is 0 Å². The minimum atomic E-state index is -4.62. The van der Waals surface area contributed by atoms with Gasteiger partial charge in [-0.1, -0.05) is 0 Å². The van der Waals surface area contributed by atoms with Crippen LogP contribution in [0.4, 0.5) is 13.2 Å². The fourth-order valence-corrected chi connectivity index (χ4v) is 3.26. The largest absolute Gasteiger partial charge is 0.435 e. The zero-order chi connectivity index (χ0) is 18.2. The van der Waals surface area contributed by atoms with Crippen LogP contribution in [0, 0.1) is 17.2 Å². The first-order chi connectivity index (χ1) is 11.8. The van der Waals surface area contributed by atoms with Crippen molar-refractivity contribution in [1.29, 1.82) is 5.26 Å². The Hall–Kier alpha value is -2.63. The van der Waals surface area contributed by atoms with E-state index in [0.29, 0.717) is 12.8 Å². The topological polar surface area (TPSA) is 83.6 Å². The number of pyridine rings is 1. The Morgan fingerprint density at radius 3 is 2.92 bits per heavy atom. The highest BCUT2D eigenvalue weighted by Crippen LogP contribution is 2.33. The number of halogens is 3. The predicted molar refractivity (Wildman–Crippen MR) is 82.3 cm³/mol. The minimum absolute atomic E-state index is 0.0646. The van der Waals surface area contributed by atoms with Crippen molar-refractivity contribution in [1.82, 2.24) is 20.1 Å². The molecule has 2 aromatic heterocycles. The number of rotatable bonds is 3. The van der Waals surface area contributed by atoms with Gasteiger partial charge in [0.2, 0.25) is 0 Å². The van der Waals surface area contributed by atoms with Gasteiger partial charge >= 0.3 is 6.18 Å². The first-order valence-corrected chi connectivity index (χ1v) is 7.87. The van der Waals surface area contributed by atoms with Crippen LogP contribution in [0.5, 0.6) is 0 Å². The van der Waals surface area contributed by atoms with Crippen LogP contribution >= 0.6 is 0 Å². The fourth-order valence-electron chi connectivity index (χ4n) is 3.26. The SMILES string of the molecule is Cn1nc(C(F)(F)F)c2cc(C(=O)N[C@@H]3CC[C@H](CC#N)C3)cnc21. The van der Waals surface area contributed by atoms with Gasteiger partial charge in [0.15, 0.2) is 11.3 Å². The lowest BCUT2D eigenvalue weighted by Crippen LogP contribution is -2.33. The summed E-state index contributed by atoms with van der Waals surface area (Å²) in [6.45, 7) is 0. The van der Waals surface area contributed by atoms with Gasteiger partial charge in [0.05, 0.1) is 17.0 Å². The van der Waals surface area contributed by atoms with E-state index in [4.69, 9.17) is 5.26 Å². The summed E-state index contributed by atoms with van der Waals surface area (Å²) >= 11 is 0. The predicted octanol–water partition coefficient (Wildman–Crippen LogP) is 2.80. The normalized spacial score (nSPS) is 20.6. The highest BCUT2D eigenvalue weighted by molar-refractivity contribution is 5.97. The molecule has 1 amide bonds. The number of aryl methyl sites for hydroxylation is 1. The van der Waals surface area contributed by atoms with E-state index in [9.17, 15) is 18.0 Å². The van der Waals surface area contributed by atoms with E-state index in [2.05, 4.69) is 21.5 Å². The number of nitrogens with one attached hydrogen (secondary N) is 1. The molecule has 0 unspecified atom stereocenters. The third-order valence-corrected chi connectivity index (χ3v) is 4.47. The van der Waals surface area contributed by atoms with Crippen LogP contribution in [0.1, 0.15) is 41.7 Å². The summed E-state index contributed by atoms with van der Waals surface area (Å²) in [5.41, 5.74) is -0.921. The van der Waals surface area contributed by atoms with Gasteiger partial charge in [-0.15, -0.1) is 0 Å². The summed E-state index contributed by atoms with van der Waals surface area (Å²) in [4.78, 5) is 16.3. The maximum Gasteiger partial charge on any atom is 0.435 e. The lowest BCUT2D eigenvalue weighted by Gasteiger charge is -2.12. The molecule has 6 nitrogen and oxygen atoms in total. The number of fused-ring (bicyclic) bond motifs is 1. The molecule has 1 fully saturated rings. The van der Waals surface area contributed by atoms with E-state index >= 15 is 0 Å². The van der Waals surface area contributed by atoms with Gasteiger partial charge in [-0.05, 0) is 31.2 Å². The third kappa shape index (κ3) is 3.43. The number of alkyl halides is 3. The van der Waals surface area contributed by atoms with Crippen LogP contribution in [0.3, 0.4) is 0 Å². The molecule has 9 heteroatoms. The molecule has 0 bridgehead atoms. The molecule has 0 saturated heterocycles. The van der Waals surface area contributed by atoms with Gasteiger partial charge in [-0.25, -0.2) is 9.67 Å². The summed E-state index contributed by atoms with van der Waals surface area (Å²) in [6, 6.07) is 3.22. The van der Waals surface area contributed by atoms with Crippen molar-refractivity contribution >= 4 is 16.9 Å². The number of carbonyl (C=O) groups is 1. The molecule has 3 rings (SSSR count). The van der Waals surface area contributed by atoms with Gasteiger partial charge in [0.1, 0.15) is 0 Å². The Bertz CT molecular complexity index is 852. The number of carbonyl (C=O) groups excluding carboxylic acids is 1. The summed E-state index contributed by atoms with van der Waals surface area (Å²) in [6.07, 6.45) is -0.598. The second-order valence-corrected chi connectivity index (χ2v) is 6.28. The van der Waals surface area contributed by atoms with Crippen LogP contribution in [0.25, 0.3) is 11.0 Å². The summed E-state index contributed by atoms with van der Waals surface area (Å²) < 4.78 is 40.3. The molecule has 1 aliphatic carbocycles. The molecule has 0 spiro atoms. The average molecular weight is 351 g/mol. The highest BCUT2D eigenvalue weighted by atomic mass is 19.4. The number of amides is 1. The summed E-state index contributed by atoms with van der Waals surface area (Å²) in [5.74, 6) is -0.208. The van der Waals surface area contributed by atoms with E-state index < -0.39 is 17.8 Å². The molecular weight excluding hydrogens is 335 g/mol. The molecular formula is C16H16F3N5O. The van der Waals surface area contributed by atoms with Crippen molar-refractivity contribution in [2.45, 2.75) is 37.9 Å². The Kier molecular flexibility index (Phi) is 4.37. The van der Waals surface area contributed by atoms with E-state index in [-0.39, 0.29) is 28.6 Å². The smallest absolute Gasteiger partial charge is 0.349 e. The van der Waals surface area contributed by atoms with Crippen molar-refractivity contribution < 1.29 is 18.0 Å². The van der Waals surface area contributed by atoms with Crippen LogP contribution in [-0.2, 0) is 13.2 Å². The number of hydrogen-bond acceptors (Lipinski definition) is 4.